The number of nitrogen functional groups attached to an aromatic ring is 1. The molecule has 0 atom stereocenters. The first-order valence-corrected chi connectivity index (χ1v) is 7.44. The molecule has 4 nitrogen and oxygen atoms in total. The van der Waals surface area contributed by atoms with Gasteiger partial charge >= 0.3 is 0 Å². The van der Waals surface area contributed by atoms with E-state index in [9.17, 15) is 0 Å². The molecule has 1 saturated carbocycles. The predicted molar refractivity (Wildman–Crippen MR) is 81.5 cm³/mol. The summed E-state index contributed by atoms with van der Waals surface area (Å²) < 4.78 is 0. The van der Waals surface area contributed by atoms with Crippen molar-refractivity contribution >= 4 is 5.69 Å². The van der Waals surface area contributed by atoms with Crippen molar-refractivity contribution < 1.29 is 0 Å². The van der Waals surface area contributed by atoms with Crippen LogP contribution in [0.1, 0.15) is 55.0 Å². The van der Waals surface area contributed by atoms with E-state index in [0.717, 1.165) is 28.5 Å². The van der Waals surface area contributed by atoms with Gasteiger partial charge in [0.2, 0.25) is 0 Å². The van der Waals surface area contributed by atoms with Gasteiger partial charge in [-0.05, 0) is 43.9 Å². The van der Waals surface area contributed by atoms with Crippen molar-refractivity contribution in [1.29, 1.82) is 0 Å². The summed E-state index contributed by atoms with van der Waals surface area (Å²) in [4.78, 5) is 4.70. The molecule has 2 aromatic rings. The normalized spacial score (nSPS) is 16.5. The fraction of sp³-hybridized carbons (Fsp3) is 0.500. The van der Waals surface area contributed by atoms with E-state index in [2.05, 4.69) is 29.3 Å². The lowest BCUT2D eigenvalue weighted by Crippen LogP contribution is -2.06. The fourth-order valence-electron chi connectivity index (χ4n) is 3.12. The quantitative estimate of drug-likeness (QED) is 0.817. The number of aromatic nitrogens is 3. The second-order valence-electron chi connectivity index (χ2n) is 5.92. The topological polar surface area (TPSA) is 67.6 Å². The highest BCUT2D eigenvalue weighted by Crippen LogP contribution is 2.33. The monoisotopic (exact) mass is 270 g/mol. The Kier molecular flexibility index (Phi) is 3.47. The number of aryl methyl sites for hydroxylation is 2. The molecule has 1 aromatic carbocycles. The highest BCUT2D eigenvalue weighted by Gasteiger charge is 2.20. The van der Waals surface area contributed by atoms with Gasteiger partial charge in [-0.15, -0.1) is 0 Å². The van der Waals surface area contributed by atoms with Crippen LogP contribution in [0.15, 0.2) is 12.1 Å². The minimum absolute atomic E-state index is 0.539. The van der Waals surface area contributed by atoms with E-state index in [1.165, 1.54) is 37.7 Å². The van der Waals surface area contributed by atoms with E-state index in [-0.39, 0.29) is 0 Å². The molecule has 0 aliphatic heterocycles. The molecule has 0 saturated heterocycles. The smallest absolute Gasteiger partial charge is 0.183 e. The minimum Gasteiger partial charge on any atom is -0.398 e. The Labute approximate surface area is 119 Å². The summed E-state index contributed by atoms with van der Waals surface area (Å²) in [5.74, 6) is 2.30. The van der Waals surface area contributed by atoms with Crippen molar-refractivity contribution in [1.82, 2.24) is 15.2 Å². The molecule has 0 amide bonds. The SMILES string of the molecule is Cc1cc(C)c(N)c(-c2n[nH]c(C3CCCCC3)n2)c1. The minimum atomic E-state index is 0.539. The molecule has 0 radical (unpaired) electrons. The summed E-state index contributed by atoms with van der Waals surface area (Å²) in [5.41, 5.74) is 10.2. The number of hydrogen-bond donors (Lipinski definition) is 2. The number of aromatic amines is 1. The van der Waals surface area contributed by atoms with Gasteiger partial charge < -0.3 is 5.73 Å². The van der Waals surface area contributed by atoms with Crippen LogP contribution in [0.4, 0.5) is 5.69 Å². The number of nitrogens with zero attached hydrogens (tertiary/aromatic N) is 2. The summed E-state index contributed by atoms with van der Waals surface area (Å²) in [6, 6.07) is 4.16. The first-order valence-electron chi connectivity index (χ1n) is 7.44. The highest BCUT2D eigenvalue weighted by molar-refractivity contribution is 5.74. The number of benzene rings is 1. The number of anilines is 1. The van der Waals surface area contributed by atoms with E-state index in [1.54, 1.807) is 0 Å². The predicted octanol–water partition coefficient (Wildman–Crippen LogP) is 3.72. The van der Waals surface area contributed by atoms with Crippen LogP contribution in [0.2, 0.25) is 0 Å². The lowest BCUT2D eigenvalue weighted by atomic mass is 9.89. The molecule has 4 heteroatoms. The van der Waals surface area contributed by atoms with E-state index >= 15 is 0 Å². The number of H-pyrrole nitrogens is 1. The average Bonchev–Trinajstić information content (AvgIpc) is 2.93. The van der Waals surface area contributed by atoms with Crippen LogP contribution in [0.3, 0.4) is 0 Å². The van der Waals surface area contributed by atoms with Gasteiger partial charge in [0.25, 0.3) is 0 Å². The van der Waals surface area contributed by atoms with Crippen molar-refractivity contribution in [2.45, 2.75) is 51.9 Å². The summed E-state index contributed by atoms with van der Waals surface area (Å²) in [6.45, 7) is 4.10. The Morgan fingerprint density at radius 3 is 2.65 bits per heavy atom. The molecule has 20 heavy (non-hydrogen) atoms. The summed E-state index contributed by atoms with van der Waals surface area (Å²) in [5, 5.41) is 7.51. The van der Waals surface area contributed by atoms with Crippen LogP contribution in [-0.2, 0) is 0 Å². The molecule has 106 valence electrons. The maximum absolute atomic E-state index is 6.18. The molecule has 3 N–H and O–H groups in total. The zero-order valence-corrected chi connectivity index (χ0v) is 12.2. The standard InChI is InChI=1S/C16H22N4/c1-10-8-11(2)14(17)13(9-10)16-18-15(19-20-16)12-6-4-3-5-7-12/h8-9,12H,3-7,17H2,1-2H3,(H,18,19,20). The highest BCUT2D eigenvalue weighted by atomic mass is 15.2. The molecule has 3 rings (SSSR count). The van der Waals surface area contributed by atoms with Gasteiger partial charge in [-0.2, -0.15) is 5.10 Å². The molecule has 1 fully saturated rings. The van der Waals surface area contributed by atoms with Crippen LogP contribution >= 0.6 is 0 Å². The molecule has 1 heterocycles. The Balaban J connectivity index is 1.93. The van der Waals surface area contributed by atoms with Gasteiger partial charge in [0.05, 0.1) is 0 Å². The van der Waals surface area contributed by atoms with Crippen molar-refractivity contribution in [3.63, 3.8) is 0 Å². The first-order chi connectivity index (χ1) is 9.65. The molecule has 0 spiro atoms. The van der Waals surface area contributed by atoms with Crippen LogP contribution in [0.5, 0.6) is 0 Å². The third-order valence-electron chi connectivity index (χ3n) is 4.27. The van der Waals surface area contributed by atoms with Gasteiger partial charge in [-0.25, -0.2) is 4.98 Å². The third-order valence-corrected chi connectivity index (χ3v) is 4.27. The summed E-state index contributed by atoms with van der Waals surface area (Å²) >= 11 is 0. The maximum Gasteiger partial charge on any atom is 0.183 e. The Morgan fingerprint density at radius 1 is 1.15 bits per heavy atom. The number of rotatable bonds is 2. The van der Waals surface area contributed by atoms with Crippen LogP contribution in [0.25, 0.3) is 11.4 Å². The zero-order valence-electron chi connectivity index (χ0n) is 12.2. The van der Waals surface area contributed by atoms with Crippen molar-refractivity contribution in [2.24, 2.45) is 0 Å². The lowest BCUT2D eigenvalue weighted by Gasteiger charge is -2.18. The summed E-state index contributed by atoms with van der Waals surface area (Å²) in [6.07, 6.45) is 6.38. The van der Waals surface area contributed by atoms with Gasteiger partial charge in [0, 0.05) is 17.2 Å². The number of hydrogen-bond acceptors (Lipinski definition) is 3. The third kappa shape index (κ3) is 2.42. The van der Waals surface area contributed by atoms with Gasteiger partial charge in [0.15, 0.2) is 5.82 Å². The zero-order chi connectivity index (χ0) is 14.1. The molecular formula is C16H22N4. The summed E-state index contributed by atoms with van der Waals surface area (Å²) in [7, 11) is 0. The molecule has 1 aromatic heterocycles. The molecule has 1 aliphatic carbocycles. The first kappa shape index (κ1) is 13.2. The van der Waals surface area contributed by atoms with Crippen LogP contribution in [0, 0.1) is 13.8 Å². The number of nitrogens with two attached hydrogens (primary N) is 1. The maximum atomic E-state index is 6.18. The van der Waals surface area contributed by atoms with Crippen LogP contribution in [-0.4, -0.2) is 15.2 Å². The van der Waals surface area contributed by atoms with Crippen molar-refractivity contribution in [3.05, 3.63) is 29.1 Å². The van der Waals surface area contributed by atoms with Gasteiger partial charge in [-0.1, -0.05) is 25.3 Å². The molecule has 0 unspecified atom stereocenters. The molecular weight excluding hydrogens is 248 g/mol. The Bertz CT molecular complexity index is 609. The van der Waals surface area contributed by atoms with E-state index in [0.29, 0.717) is 5.92 Å². The largest absolute Gasteiger partial charge is 0.398 e. The van der Waals surface area contributed by atoms with Crippen molar-refractivity contribution in [3.8, 4) is 11.4 Å². The Morgan fingerprint density at radius 2 is 1.90 bits per heavy atom. The second kappa shape index (κ2) is 5.27. The van der Waals surface area contributed by atoms with E-state index < -0.39 is 0 Å². The van der Waals surface area contributed by atoms with E-state index in [4.69, 9.17) is 10.7 Å². The molecule has 1 aliphatic rings. The Hall–Kier alpha value is -1.84. The van der Waals surface area contributed by atoms with Crippen LogP contribution < -0.4 is 5.73 Å². The second-order valence-corrected chi connectivity index (χ2v) is 5.92. The average molecular weight is 270 g/mol. The van der Waals surface area contributed by atoms with Crippen molar-refractivity contribution in [2.75, 3.05) is 5.73 Å². The molecule has 0 bridgehead atoms. The fourth-order valence-corrected chi connectivity index (χ4v) is 3.12. The van der Waals surface area contributed by atoms with Gasteiger partial charge in [0.1, 0.15) is 5.82 Å². The number of nitrogens with one attached hydrogen (secondary N) is 1. The van der Waals surface area contributed by atoms with Gasteiger partial charge in [-0.3, -0.25) is 5.10 Å². The lowest BCUT2D eigenvalue weighted by molar-refractivity contribution is 0.429. The van der Waals surface area contributed by atoms with E-state index in [1.807, 2.05) is 6.92 Å².